The van der Waals surface area contributed by atoms with Crippen molar-refractivity contribution in [2.75, 3.05) is 25.5 Å². The number of aromatic amines is 1. The predicted molar refractivity (Wildman–Crippen MR) is 134 cm³/mol. The van der Waals surface area contributed by atoms with E-state index in [9.17, 15) is 5.11 Å². The lowest BCUT2D eigenvalue weighted by Gasteiger charge is -2.24. The number of rotatable bonds is 9. The van der Waals surface area contributed by atoms with Crippen molar-refractivity contribution in [3.63, 3.8) is 0 Å². The number of nitrogens with zero attached hydrogens (tertiary/aromatic N) is 3. The topological polar surface area (TPSA) is 143 Å². The van der Waals surface area contributed by atoms with Gasteiger partial charge in [-0.3, -0.25) is 0 Å². The van der Waals surface area contributed by atoms with Crippen LogP contribution in [0.5, 0.6) is 0 Å². The van der Waals surface area contributed by atoms with Crippen LogP contribution >= 0.6 is 0 Å². The number of benzene rings is 1. The number of aromatic nitrogens is 4. The van der Waals surface area contributed by atoms with Crippen LogP contribution in [-0.2, 0) is 5.60 Å². The van der Waals surface area contributed by atoms with E-state index in [2.05, 4.69) is 30.6 Å². The van der Waals surface area contributed by atoms with Gasteiger partial charge in [-0.25, -0.2) is 15.0 Å². The zero-order chi connectivity index (χ0) is 24.1. The first-order chi connectivity index (χ1) is 16.5. The van der Waals surface area contributed by atoms with E-state index in [0.29, 0.717) is 35.1 Å². The minimum atomic E-state index is -1.32. The molecular formula is C25H27N7O2. The molecule has 0 aliphatic heterocycles. The predicted octanol–water partition coefficient (Wildman–Crippen LogP) is 2.89. The number of allylic oxidation sites excluding steroid dienone is 1. The molecule has 6 N–H and O–H groups in total. The van der Waals surface area contributed by atoms with Gasteiger partial charge in [0.2, 0.25) is 5.95 Å². The second-order valence-corrected chi connectivity index (χ2v) is 7.89. The van der Waals surface area contributed by atoms with E-state index in [1.165, 1.54) is 6.21 Å². The Morgan fingerprint density at radius 2 is 2.00 bits per heavy atom. The highest BCUT2D eigenvalue weighted by atomic mass is 16.3. The lowest BCUT2D eigenvalue weighted by atomic mass is 9.91. The number of H-pyrrole nitrogens is 1. The molecule has 0 unspecified atom stereocenters. The maximum Gasteiger partial charge on any atom is 0.223 e. The van der Waals surface area contributed by atoms with Crippen LogP contribution in [0.4, 0.5) is 5.95 Å². The van der Waals surface area contributed by atoms with Gasteiger partial charge in [0.05, 0.1) is 18.0 Å². The van der Waals surface area contributed by atoms with Crippen LogP contribution in [0.3, 0.4) is 0 Å². The molecule has 0 fully saturated rings. The zero-order valence-corrected chi connectivity index (χ0v) is 19.0. The molecule has 0 saturated carbocycles. The maximum atomic E-state index is 11.4. The molecule has 4 rings (SSSR count). The lowest BCUT2D eigenvalue weighted by molar-refractivity contribution is 0.0974. The van der Waals surface area contributed by atoms with Crippen molar-refractivity contribution < 1.29 is 10.2 Å². The lowest BCUT2D eigenvalue weighted by Crippen LogP contribution is -2.25. The molecule has 0 spiro atoms. The molecule has 3 aromatic heterocycles. The average molecular weight is 458 g/mol. The van der Waals surface area contributed by atoms with Crippen molar-refractivity contribution in [3.05, 3.63) is 77.9 Å². The number of hydrogen-bond acceptors (Lipinski definition) is 8. The van der Waals surface area contributed by atoms with Crippen molar-refractivity contribution in [2.24, 2.45) is 0 Å². The summed E-state index contributed by atoms with van der Waals surface area (Å²) < 4.78 is 0. The molecule has 0 amide bonds. The van der Waals surface area contributed by atoms with Gasteiger partial charge in [0.25, 0.3) is 0 Å². The van der Waals surface area contributed by atoms with Gasteiger partial charge in [-0.1, -0.05) is 30.3 Å². The first kappa shape index (κ1) is 23.1. The number of fused-ring (bicyclic) bond motifs is 1. The molecule has 1 atom stereocenters. The molecular weight excluding hydrogens is 430 g/mol. The van der Waals surface area contributed by atoms with E-state index >= 15 is 0 Å². The van der Waals surface area contributed by atoms with Crippen LogP contribution in [0.15, 0.2) is 61.1 Å². The molecule has 0 saturated heterocycles. The van der Waals surface area contributed by atoms with Gasteiger partial charge in [0.1, 0.15) is 11.2 Å². The van der Waals surface area contributed by atoms with E-state index in [4.69, 9.17) is 10.5 Å². The van der Waals surface area contributed by atoms with E-state index in [-0.39, 0.29) is 6.61 Å². The van der Waals surface area contributed by atoms with Crippen LogP contribution in [0.2, 0.25) is 0 Å². The van der Waals surface area contributed by atoms with Crippen LogP contribution in [0, 0.1) is 5.41 Å². The Morgan fingerprint density at radius 1 is 1.21 bits per heavy atom. The largest absolute Gasteiger partial charge is 0.395 e. The average Bonchev–Trinajstić information content (AvgIpc) is 3.30. The smallest absolute Gasteiger partial charge is 0.223 e. The monoisotopic (exact) mass is 457 g/mol. The summed E-state index contributed by atoms with van der Waals surface area (Å²) in [6, 6.07) is 13.1. The normalized spacial score (nSPS) is 13.5. The fourth-order valence-electron chi connectivity index (χ4n) is 3.69. The quantitative estimate of drug-likeness (QED) is 0.168. The minimum Gasteiger partial charge on any atom is -0.395 e. The number of nitrogens with one attached hydrogen (secondary N) is 4. The molecule has 1 aromatic carbocycles. The Morgan fingerprint density at radius 3 is 2.71 bits per heavy atom. The Balaban J connectivity index is 1.82. The summed E-state index contributed by atoms with van der Waals surface area (Å²) in [5.74, 6) is 0.385. The summed E-state index contributed by atoms with van der Waals surface area (Å²) in [6.07, 6.45) is 6.42. The van der Waals surface area contributed by atoms with Gasteiger partial charge in [-0.2, -0.15) is 0 Å². The van der Waals surface area contributed by atoms with Gasteiger partial charge < -0.3 is 31.2 Å². The highest BCUT2D eigenvalue weighted by Gasteiger charge is 2.29. The fourth-order valence-corrected chi connectivity index (χ4v) is 3.69. The Kier molecular flexibility index (Phi) is 6.67. The van der Waals surface area contributed by atoms with E-state index in [1.54, 1.807) is 32.4 Å². The van der Waals surface area contributed by atoms with Crippen LogP contribution in [-0.4, -0.2) is 56.6 Å². The molecule has 0 radical (unpaired) electrons. The van der Waals surface area contributed by atoms with Gasteiger partial charge >= 0.3 is 0 Å². The van der Waals surface area contributed by atoms with Gasteiger partial charge in [-0.15, -0.1) is 0 Å². The summed E-state index contributed by atoms with van der Waals surface area (Å²) in [6.45, 7) is 2.10. The zero-order valence-electron chi connectivity index (χ0n) is 19.0. The molecule has 174 valence electrons. The van der Waals surface area contributed by atoms with E-state index in [0.717, 1.165) is 22.1 Å². The van der Waals surface area contributed by atoms with Gasteiger partial charge in [-0.05, 0) is 24.6 Å². The highest BCUT2D eigenvalue weighted by molar-refractivity contribution is 6.09. The third kappa shape index (κ3) is 4.52. The molecule has 9 nitrogen and oxygen atoms in total. The molecule has 34 heavy (non-hydrogen) atoms. The van der Waals surface area contributed by atoms with E-state index < -0.39 is 5.60 Å². The molecule has 0 bridgehead atoms. The minimum absolute atomic E-state index is 0.00236. The number of pyridine rings is 1. The van der Waals surface area contributed by atoms with Crippen molar-refractivity contribution in [1.82, 2.24) is 25.3 Å². The van der Waals surface area contributed by atoms with Crippen LogP contribution in [0.25, 0.3) is 27.9 Å². The summed E-state index contributed by atoms with van der Waals surface area (Å²) in [7, 11) is 1.73. The van der Waals surface area contributed by atoms with Crippen molar-refractivity contribution >= 4 is 28.8 Å². The van der Waals surface area contributed by atoms with Crippen LogP contribution < -0.4 is 10.6 Å². The first-order valence-electron chi connectivity index (χ1n) is 10.9. The molecule has 0 aliphatic rings. The third-order valence-corrected chi connectivity index (χ3v) is 5.59. The van der Waals surface area contributed by atoms with Crippen LogP contribution in [0.1, 0.15) is 23.7 Å². The van der Waals surface area contributed by atoms with E-state index in [1.807, 2.05) is 42.6 Å². The summed E-state index contributed by atoms with van der Waals surface area (Å²) >= 11 is 0. The van der Waals surface area contributed by atoms with Gasteiger partial charge in [0.15, 0.2) is 0 Å². The fraction of sp³-hybridized carbons (Fsp3) is 0.200. The third-order valence-electron chi connectivity index (χ3n) is 5.59. The van der Waals surface area contributed by atoms with Crippen molar-refractivity contribution in [2.45, 2.75) is 12.5 Å². The van der Waals surface area contributed by atoms with Crippen molar-refractivity contribution in [3.8, 4) is 11.3 Å². The summed E-state index contributed by atoms with van der Waals surface area (Å²) in [5, 5.41) is 34.9. The second-order valence-electron chi connectivity index (χ2n) is 7.89. The standard InChI is InChI=1S/C25H27N7O2/c1-25(34,18-6-4-3-5-7-18)22-11-21(31-24(27-2)32-22)20-15-30-23-19(20)10-16(14-29-23)17(12-26)13-28-8-9-33/h3-7,10-15,26,28,33-34H,8-9H2,1-2H3,(H,29,30)(H,27,31,32)/b17-13+,26-12?/t25-/m1/s1. The Bertz CT molecular complexity index is 1330. The number of aliphatic hydroxyl groups excluding tert-OH is 1. The van der Waals surface area contributed by atoms with Crippen molar-refractivity contribution in [1.29, 1.82) is 5.41 Å². The molecule has 0 aliphatic carbocycles. The molecule has 4 aromatic rings. The SMILES string of the molecule is CNc1nc(-c2c[nH]c3ncc(/C(C=N)=C/NCCO)cc23)cc([C@](C)(O)c2ccccc2)n1. The Hall–Kier alpha value is -4.08. The summed E-state index contributed by atoms with van der Waals surface area (Å²) in [5.41, 5.74) is 3.31. The second kappa shape index (κ2) is 9.82. The Labute approximate surface area is 197 Å². The molecule has 9 heteroatoms. The molecule has 3 heterocycles. The number of hydrogen-bond donors (Lipinski definition) is 6. The highest BCUT2D eigenvalue weighted by Crippen LogP contribution is 2.33. The number of anilines is 1. The van der Waals surface area contributed by atoms with Gasteiger partial charge in [0, 0.05) is 60.5 Å². The maximum absolute atomic E-state index is 11.4. The first-order valence-corrected chi connectivity index (χ1v) is 10.9. The number of aliphatic hydroxyl groups is 2. The summed E-state index contributed by atoms with van der Waals surface area (Å²) in [4.78, 5) is 16.8.